The summed E-state index contributed by atoms with van der Waals surface area (Å²) in [5.74, 6) is 0. The van der Waals surface area contributed by atoms with Crippen LogP contribution in [0.1, 0.15) is 32.8 Å². The Balaban J connectivity index is 2.63. The summed E-state index contributed by atoms with van der Waals surface area (Å²) in [6.07, 6.45) is 5.49. The maximum atomic E-state index is 5.61. The molecule has 16 heavy (non-hydrogen) atoms. The third kappa shape index (κ3) is 4.77. The number of rotatable bonds is 6. The van der Waals surface area contributed by atoms with Crippen molar-refractivity contribution < 1.29 is 4.74 Å². The average molecular weight is 234 g/mol. The van der Waals surface area contributed by atoms with E-state index in [2.05, 4.69) is 57.2 Å². The van der Waals surface area contributed by atoms with E-state index in [4.69, 9.17) is 4.74 Å². The second-order valence-electron chi connectivity index (χ2n) is 4.03. The molecule has 0 saturated carbocycles. The second kappa shape index (κ2) is 7.42. The first-order chi connectivity index (χ1) is 7.76. The Morgan fingerprint density at radius 2 is 2.19 bits per heavy atom. The maximum Gasteiger partial charge on any atom is 0.0884 e. The van der Waals surface area contributed by atoms with Gasteiger partial charge in [0.25, 0.3) is 0 Å². The van der Waals surface area contributed by atoms with Crippen molar-refractivity contribution in [3.63, 3.8) is 0 Å². The minimum absolute atomic E-state index is 0.299. The first kappa shape index (κ1) is 13.2. The molecule has 0 aliphatic rings. The van der Waals surface area contributed by atoms with Crippen molar-refractivity contribution in [2.45, 2.75) is 32.9 Å². The molecule has 2 heteroatoms. The lowest BCUT2D eigenvalue weighted by atomic mass is 10.2. The smallest absolute Gasteiger partial charge is 0.0884 e. The van der Waals surface area contributed by atoms with Crippen LogP contribution in [-0.2, 0) is 4.74 Å². The van der Waals surface area contributed by atoms with E-state index in [-0.39, 0.29) is 9.52 Å². The molecule has 1 nitrogen and oxygen atoms in total. The Morgan fingerprint density at radius 1 is 1.38 bits per heavy atom. The highest BCUT2D eigenvalue weighted by Gasteiger charge is 2.03. The minimum Gasteiger partial charge on any atom is -0.382 e. The topological polar surface area (TPSA) is 9.23 Å². The Hall–Kier alpha value is -0.863. The number of hydrogen-bond donors (Lipinski definition) is 0. The molecular weight excluding hydrogens is 212 g/mol. The maximum absolute atomic E-state index is 5.61. The van der Waals surface area contributed by atoms with E-state index >= 15 is 0 Å². The van der Waals surface area contributed by atoms with Gasteiger partial charge in [0.1, 0.15) is 0 Å². The SMILES string of the molecule is CCC=Cc1cccc([SiH2]C(C)OCC)c1. The third-order valence-corrected chi connectivity index (χ3v) is 4.19. The average Bonchev–Trinajstić information content (AvgIpc) is 2.27. The molecule has 0 saturated heterocycles. The van der Waals surface area contributed by atoms with E-state index in [1.165, 1.54) is 10.8 Å². The molecule has 0 N–H and O–H groups in total. The molecule has 1 unspecified atom stereocenters. The van der Waals surface area contributed by atoms with Crippen LogP contribution in [0.25, 0.3) is 6.08 Å². The predicted octanol–water partition coefficient (Wildman–Crippen LogP) is 2.29. The van der Waals surface area contributed by atoms with Gasteiger partial charge in [-0.05, 0) is 25.8 Å². The zero-order valence-corrected chi connectivity index (χ0v) is 12.0. The monoisotopic (exact) mass is 234 g/mol. The third-order valence-electron chi connectivity index (χ3n) is 2.47. The van der Waals surface area contributed by atoms with Crippen LogP contribution in [0.5, 0.6) is 0 Å². The van der Waals surface area contributed by atoms with Gasteiger partial charge in [0.05, 0.1) is 9.52 Å². The molecule has 0 bridgehead atoms. The van der Waals surface area contributed by atoms with E-state index in [1.54, 1.807) is 0 Å². The summed E-state index contributed by atoms with van der Waals surface area (Å²) in [6.45, 7) is 7.23. The number of hydrogen-bond acceptors (Lipinski definition) is 1. The molecule has 0 radical (unpaired) electrons. The lowest BCUT2D eigenvalue weighted by Crippen LogP contribution is -2.28. The molecule has 0 fully saturated rings. The summed E-state index contributed by atoms with van der Waals surface area (Å²) in [5, 5.41) is 1.49. The van der Waals surface area contributed by atoms with E-state index in [0.29, 0.717) is 5.73 Å². The predicted molar refractivity (Wildman–Crippen MR) is 75.0 cm³/mol. The first-order valence-corrected chi connectivity index (χ1v) is 7.65. The van der Waals surface area contributed by atoms with Crippen molar-refractivity contribution in [1.29, 1.82) is 0 Å². The van der Waals surface area contributed by atoms with Crippen molar-refractivity contribution >= 4 is 20.8 Å². The van der Waals surface area contributed by atoms with E-state index in [1.807, 2.05) is 0 Å². The lowest BCUT2D eigenvalue weighted by molar-refractivity contribution is 0.130. The molecule has 0 amide bonds. The van der Waals surface area contributed by atoms with Crippen LogP contribution in [-0.4, -0.2) is 21.9 Å². The lowest BCUT2D eigenvalue weighted by Gasteiger charge is -2.11. The Kier molecular flexibility index (Phi) is 6.12. The van der Waals surface area contributed by atoms with Gasteiger partial charge >= 0.3 is 0 Å². The van der Waals surface area contributed by atoms with E-state index < -0.39 is 0 Å². The number of ether oxygens (including phenoxy) is 1. The fourth-order valence-electron chi connectivity index (χ4n) is 1.75. The first-order valence-electron chi connectivity index (χ1n) is 6.13. The highest BCUT2D eigenvalue weighted by molar-refractivity contribution is 6.54. The zero-order valence-electron chi connectivity index (χ0n) is 10.6. The summed E-state index contributed by atoms with van der Waals surface area (Å²) in [5.41, 5.74) is 1.76. The van der Waals surface area contributed by atoms with Gasteiger partial charge in [-0.15, -0.1) is 0 Å². The second-order valence-corrected chi connectivity index (χ2v) is 6.40. The van der Waals surface area contributed by atoms with Crippen LogP contribution in [0.15, 0.2) is 30.3 Å². The standard InChI is InChI=1S/C14H22OSi/c1-4-6-8-13-9-7-10-14(11-13)16-12(3)15-5-2/h6-12H,4-5,16H2,1-3H3. The molecule has 1 rings (SSSR count). The van der Waals surface area contributed by atoms with Crippen molar-refractivity contribution in [3.05, 3.63) is 35.9 Å². The van der Waals surface area contributed by atoms with Crippen molar-refractivity contribution in [3.8, 4) is 0 Å². The highest BCUT2D eigenvalue weighted by Crippen LogP contribution is 2.01. The summed E-state index contributed by atoms with van der Waals surface area (Å²) >= 11 is 0. The fourth-order valence-corrected chi connectivity index (χ4v) is 3.40. The van der Waals surface area contributed by atoms with Crippen LogP contribution in [0, 0.1) is 0 Å². The molecule has 0 spiro atoms. The Bertz CT molecular complexity index is 333. The van der Waals surface area contributed by atoms with Crippen LogP contribution in [0.2, 0.25) is 0 Å². The normalized spacial score (nSPS) is 13.9. The van der Waals surface area contributed by atoms with Gasteiger partial charge in [-0.2, -0.15) is 0 Å². The molecule has 0 aromatic heterocycles. The summed E-state index contributed by atoms with van der Waals surface area (Å²) in [4.78, 5) is 0. The molecule has 1 atom stereocenters. The van der Waals surface area contributed by atoms with Gasteiger partial charge in [0, 0.05) is 12.3 Å². The van der Waals surface area contributed by atoms with Crippen molar-refractivity contribution in [1.82, 2.24) is 0 Å². The highest BCUT2D eigenvalue weighted by atomic mass is 28.2. The van der Waals surface area contributed by atoms with Gasteiger partial charge in [0.15, 0.2) is 0 Å². The number of allylic oxidation sites excluding steroid dienone is 1. The number of benzene rings is 1. The Labute approximate surface area is 101 Å². The summed E-state index contributed by atoms with van der Waals surface area (Å²) in [6, 6.07) is 8.84. The molecular formula is C14H22OSi. The van der Waals surface area contributed by atoms with E-state index in [9.17, 15) is 0 Å². The molecule has 88 valence electrons. The molecule has 1 aromatic rings. The van der Waals surface area contributed by atoms with Gasteiger partial charge < -0.3 is 4.74 Å². The van der Waals surface area contributed by atoms with Crippen LogP contribution in [0.4, 0.5) is 0 Å². The summed E-state index contributed by atoms with van der Waals surface area (Å²) < 4.78 is 5.61. The molecule has 0 aliphatic heterocycles. The van der Waals surface area contributed by atoms with Gasteiger partial charge in [0.2, 0.25) is 0 Å². The van der Waals surface area contributed by atoms with E-state index in [0.717, 1.165) is 13.0 Å². The minimum atomic E-state index is -0.299. The molecule has 0 heterocycles. The summed E-state index contributed by atoms with van der Waals surface area (Å²) in [7, 11) is -0.299. The quantitative estimate of drug-likeness (QED) is 0.686. The largest absolute Gasteiger partial charge is 0.382 e. The van der Waals surface area contributed by atoms with Crippen molar-refractivity contribution in [2.75, 3.05) is 6.61 Å². The fraction of sp³-hybridized carbons (Fsp3) is 0.429. The van der Waals surface area contributed by atoms with Gasteiger partial charge in [-0.25, -0.2) is 0 Å². The van der Waals surface area contributed by atoms with Gasteiger partial charge in [-0.3, -0.25) is 0 Å². The van der Waals surface area contributed by atoms with Crippen LogP contribution in [0.3, 0.4) is 0 Å². The zero-order chi connectivity index (χ0) is 11.8. The van der Waals surface area contributed by atoms with Crippen LogP contribution < -0.4 is 5.19 Å². The Morgan fingerprint density at radius 3 is 2.88 bits per heavy atom. The molecule has 0 aliphatic carbocycles. The molecule has 1 aromatic carbocycles. The van der Waals surface area contributed by atoms with Crippen molar-refractivity contribution in [2.24, 2.45) is 0 Å². The van der Waals surface area contributed by atoms with Crippen LogP contribution >= 0.6 is 0 Å². The van der Waals surface area contributed by atoms with Gasteiger partial charge in [-0.1, -0.05) is 48.5 Å².